The predicted octanol–water partition coefficient (Wildman–Crippen LogP) is 0.984. The molecule has 0 N–H and O–H groups in total. The third-order valence-corrected chi connectivity index (χ3v) is 1.59. The molecule has 14 heavy (non-hydrogen) atoms. The lowest BCUT2D eigenvalue weighted by Gasteiger charge is -2.04. The monoisotopic (exact) mass is 195 g/mol. The van der Waals surface area contributed by atoms with E-state index >= 15 is 0 Å². The molecule has 0 aliphatic heterocycles. The largest absolute Gasteiger partial charge is 0.484 e. The highest BCUT2D eigenvalue weighted by molar-refractivity contribution is 5.81. The van der Waals surface area contributed by atoms with Gasteiger partial charge in [0.05, 0.1) is 6.20 Å². The molecule has 0 unspecified atom stereocenters. The number of pyridine rings is 1. The Kier molecular flexibility index (Phi) is 4.07. The van der Waals surface area contributed by atoms with E-state index in [1.165, 1.54) is 7.11 Å². The average molecular weight is 195 g/mol. The van der Waals surface area contributed by atoms with Gasteiger partial charge in [-0.15, -0.1) is 0 Å². The Morgan fingerprint density at radius 2 is 2.21 bits per heavy atom. The zero-order valence-electron chi connectivity index (χ0n) is 8.32. The Morgan fingerprint density at radius 3 is 2.79 bits per heavy atom. The molecule has 0 saturated carbocycles. The fourth-order valence-corrected chi connectivity index (χ4v) is 0.906. The number of rotatable bonds is 5. The standard InChI is InChI=1S/C10H13NO3/c1-8-3-4-10(5-11-8)14-7-9(12)6-13-2/h3-5H,6-7H2,1-2H3. The lowest BCUT2D eigenvalue weighted by atomic mass is 10.4. The number of ether oxygens (including phenoxy) is 2. The molecule has 0 radical (unpaired) electrons. The molecule has 4 heteroatoms. The summed E-state index contributed by atoms with van der Waals surface area (Å²) in [5.41, 5.74) is 0.917. The van der Waals surface area contributed by atoms with E-state index in [4.69, 9.17) is 4.74 Å². The lowest BCUT2D eigenvalue weighted by Crippen LogP contribution is -2.16. The van der Waals surface area contributed by atoms with E-state index in [-0.39, 0.29) is 19.0 Å². The molecule has 4 nitrogen and oxygen atoms in total. The first-order valence-electron chi connectivity index (χ1n) is 4.28. The van der Waals surface area contributed by atoms with Crippen LogP contribution in [0.3, 0.4) is 0 Å². The van der Waals surface area contributed by atoms with Gasteiger partial charge >= 0.3 is 0 Å². The Morgan fingerprint density at radius 1 is 1.43 bits per heavy atom. The summed E-state index contributed by atoms with van der Waals surface area (Å²) < 4.78 is 9.85. The molecule has 0 atom stereocenters. The van der Waals surface area contributed by atoms with Crippen LogP contribution >= 0.6 is 0 Å². The number of methoxy groups -OCH3 is 1. The summed E-state index contributed by atoms with van der Waals surface area (Å²) in [6.07, 6.45) is 1.59. The molecular formula is C10H13NO3. The van der Waals surface area contributed by atoms with Gasteiger partial charge in [-0.1, -0.05) is 0 Å². The fourth-order valence-electron chi connectivity index (χ4n) is 0.906. The number of hydrogen-bond donors (Lipinski definition) is 0. The van der Waals surface area contributed by atoms with Crippen LogP contribution in [0.5, 0.6) is 5.75 Å². The molecule has 0 aliphatic rings. The SMILES string of the molecule is COCC(=O)COc1ccc(C)nc1. The smallest absolute Gasteiger partial charge is 0.195 e. The van der Waals surface area contributed by atoms with Gasteiger partial charge in [-0.05, 0) is 19.1 Å². The van der Waals surface area contributed by atoms with Crippen molar-refractivity contribution in [2.75, 3.05) is 20.3 Å². The van der Waals surface area contributed by atoms with Gasteiger partial charge in [-0.25, -0.2) is 0 Å². The second kappa shape index (κ2) is 5.34. The maximum Gasteiger partial charge on any atom is 0.195 e. The highest BCUT2D eigenvalue weighted by Gasteiger charge is 2.01. The number of nitrogens with zero attached hydrogens (tertiary/aromatic N) is 1. The molecule has 0 bridgehead atoms. The maximum absolute atomic E-state index is 11.0. The van der Waals surface area contributed by atoms with Crippen molar-refractivity contribution in [2.45, 2.75) is 6.92 Å². The Bertz CT molecular complexity index is 295. The van der Waals surface area contributed by atoms with Gasteiger partial charge in [0, 0.05) is 12.8 Å². The lowest BCUT2D eigenvalue weighted by molar-refractivity contribution is -0.124. The van der Waals surface area contributed by atoms with E-state index in [0.717, 1.165) is 5.69 Å². The summed E-state index contributed by atoms with van der Waals surface area (Å²) in [5.74, 6) is 0.508. The Hall–Kier alpha value is -1.42. The van der Waals surface area contributed by atoms with E-state index in [2.05, 4.69) is 9.72 Å². The van der Waals surface area contributed by atoms with Gasteiger partial charge in [0.15, 0.2) is 5.78 Å². The van der Waals surface area contributed by atoms with Gasteiger partial charge in [-0.3, -0.25) is 9.78 Å². The van der Waals surface area contributed by atoms with E-state index in [0.29, 0.717) is 5.75 Å². The molecule has 1 aromatic rings. The van der Waals surface area contributed by atoms with Crippen LogP contribution in [0.2, 0.25) is 0 Å². The number of hydrogen-bond acceptors (Lipinski definition) is 4. The average Bonchev–Trinajstić information content (AvgIpc) is 2.17. The molecular weight excluding hydrogens is 182 g/mol. The summed E-state index contributed by atoms with van der Waals surface area (Å²) in [6.45, 7) is 2.00. The van der Waals surface area contributed by atoms with Crippen molar-refractivity contribution in [1.82, 2.24) is 4.98 Å². The molecule has 0 aliphatic carbocycles. The molecule has 0 amide bonds. The number of carbonyl (C=O) groups excluding carboxylic acids is 1. The zero-order valence-corrected chi connectivity index (χ0v) is 8.32. The minimum atomic E-state index is -0.0897. The van der Waals surface area contributed by atoms with Crippen LogP contribution in [0.1, 0.15) is 5.69 Å². The first-order chi connectivity index (χ1) is 6.72. The van der Waals surface area contributed by atoms with Crippen molar-refractivity contribution in [3.05, 3.63) is 24.0 Å². The van der Waals surface area contributed by atoms with Crippen LogP contribution in [-0.2, 0) is 9.53 Å². The minimum Gasteiger partial charge on any atom is -0.484 e. The van der Waals surface area contributed by atoms with E-state index in [9.17, 15) is 4.79 Å². The van der Waals surface area contributed by atoms with Crippen LogP contribution in [0.15, 0.2) is 18.3 Å². The quantitative estimate of drug-likeness (QED) is 0.702. The summed E-state index contributed by atoms with van der Waals surface area (Å²) in [5, 5.41) is 0. The molecule has 1 aromatic heterocycles. The van der Waals surface area contributed by atoms with Crippen molar-refractivity contribution < 1.29 is 14.3 Å². The summed E-state index contributed by atoms with van der Waals surface area (Å²) in [4.78, 5) is 15.0. The van der Waals surface area contributed by atoms with Crippen LogP contribution in [0.4, 0.5) is 0 Å². The van der Waals surface area contributed by atoms with Crippen LogP contribution in [0, 0.1) is 6.92 Å². The van der Waals surface area contributed by atoms with Crippen LogP contribution < -0.4 is 4.74 Å². The van der Waals surface area contributed by atoms with Crippen LogP contribution in [0.25, 0.3) is 0 Å². The van der Waals surface area contributed by atoms with E-state index in [1.54, 1.807) is 12.3 Å². The predicted molar refractivity (Wildman–Crippen MR) is 51.4 cm³/mol. The molecule has 0 spiro atoms. The topological polar surface area (TPSA) is 48.4 Å². The van der Waals surface area contributed by atoms with Gasteiger partial charge in [0.2, 0.25) is 0 Å². The molecule has 1 rings (SSSR count). The minimum absolute atomic E-state index is 0.0264. The molecule has 1 heterocycles. The van der Waals surface area contributed by atoms with Crippen molar-refractivity contribution in [3.8, 4) is 5.75 Å². The van der Waals surface area contributed by atoms with Crippen molar-refractivity contribution in [2.24, 2.45) is 0 Å². The van der Waals surface area contributed by atoms with Crippen molar-refractivity contribution in [1.29, 1.82) is 0 Å². The van der Waals surface area contributed by atoms with Gasteiger partial charge in [0.1, 0.15) is 19.0 Å². The number of Topliss-reactive ketones (excluding diaryl/α,β-unsaturated/α-hetero) is 1. The highest BCUT2D eigenvalue weighted by Crippen LogP contribution is 2.07. The van der Waals surface area contributed by atoms with Crippen molar-refractivity contribution >= 4 is 5.78 Å². The summed E-state index contributed by atoms with van der Waals surface area (Å²) in [7, 11) is 1.48. The number of aryl methyl sites for hydroxylation is 1. The zero-order chi connectivity index (χ0) is 10.4. The number of aromatic nitrogens is 1. The van der Waals surface area contributed by atoms with E-state index < -0.39 is 0 Å². The first kappa shape index (κ1) is 10.7. The van der Waals surface area contributed by atoms with Gasteiger partial charge in [-0.2, -0.15) is 0 Å². The summed E-state index contributed by atoms with van der Waals surface area (Å²) in [6, 6.07) is 3.61. The number of carbonyl (C=O) groups is 1. The molecule has 0 saturated heterocycles. The fraction of sp³-hybridized carbons (Fsp3) is 0.400. The number of ketones is 1. The van der Waals surface area contributed by atoms with E-state index in [1.807, 2.05) is 13.0 Å². The molecule has 0 fully saturated rings. The molecule has 0 aromatic carbocycles. The second-order valence-corrected chi connectivity index (χ2v) is 2.90. The van der Waals surface area contributed by atoms with Gasteiger partial charge in [0.25, 0.3) is 0 Å². The Labute approximate surface area is 82.9 Å². The summed E-state index contributed by atoms with van der Waals surface area (Å²) >= 11 is 0. The van der Waals surface area contributed by atoms with Gasteiger partial charge < -0.3 is 9.47 Å². The first-order valence-corrected chi connectivity index (χ1v) is 4.28. The third-order valence-electron chi connectivity index (χ3n) is 1.59. The third kappa shape index (κ3) is 3.53. The molecule has 76 valence electrons. The van der Waals surface area contributed by atoms with Crippen molar-refractivity contribution in [3.63, 3.8) is 0 Å². The Balaban J connectivity index is 2.38. The second-order valence-electron chi connectivity index (χ2n) is 2.90. The normalized spacial score (nSPS) is 9.86. The van der Waals surface area contributed by atoms with Crippen LogP contribution in [-0.4, -0.2) is 31.1 Å². The maximum atomic E-state index is 11.0. The highest BCUT2D eigenvalue weighted by atomic mass is 16.5.